The summed E-state index contributed by atoms with van der Waals surface area (Å²) in [6.07, 6.45) is -14.0. The maximum Gasteiger partial charge on any atom is 0.410 e. The Morgan fingerprint density at radius 2 is 1.21 bits per heavy atom. The van der Waals surface area contributed by atoms with Crippen molar-refractivity contribution in [3.05, 3.63) is 11.8 Å². The molecule has 11 N–H and O–H groups in total. The number of nitrogens with zero attached hydrogens (tertiary/aromatic N) is 1. The Labute approximate surface area is 452 Å². The average Bonchev–Trinajstić information content (AvgIpc) is 3.22. The number of amides is 6. The maximum absolute atomic E-state index is 13.9. The molecule has 2 unspecified atom stereocenters. The number of rotatable bonds is 17. The van der Waals surface area contributed by atoms with E-state index in [1.165, 1.54) is 14.0 Å². The smallest absolute Gasteiger partial charge is 0.410 e. The van der Waals surface area contributed by atoms with E-state index in [9.17, 15) is 54.3 Å². The zero-order valence-electron chi connectivity index (χ0n) is 48.1. The van der Waals surface area contributed by atoms with E-state index in [1.54, 1.807) is 110 Å². The molecule has 0 aromatic heterocycles. The largest absolute Gasteiger partial charge is 0.491 e. The first-order valence-corrected chi connectivity index (χ1v) is 26.0. The summed E-state index contributed by atoms with van der Waals surface area (Å²) in [6.45, 7) is 25.1. The van der Waals surface area contributed by atoms with Crippen molar-refractivity contribution in [3.63, 3.8) is 0 Å². The van der Waals surface area contributed by atoms with Gasteiger partial charge in [0.05, 0.1) is 50.0 Å². The van der Waals surface area contributed by atoms with Crippen molar-refractivity contribution in [1.29, 1.82) is 0 Å². The van der Waals surface area contributed by atoms with Crippen molar-refractivity contribution in [1.82, 2.24) is 36.8 Å². The van der Waals surface area contributed by atoms with E-state index in [1.807, 2.05) is 0 Å². The average molecular weight is 1110 g/mol. The molecular formula is C51H91N7O19. The van der Waals surface area contributed by atoms with Crippen LogP contribution < -0.4 is 31.9 Å². The number of carbonyl (C=O) groups excluding carboxylic acids is 6. The lowest BCUT2D eigenvalue weighted by atomic mass is 9.72. The molecule has 13 atom stereocenters. The zero-order valence-corrected chi connectivity index (χ0v) is 48.1. The SMILES string of the molecule is CN(C(=O)OC(C)(C)C)[C@@H]1[C@@H](O)[C@@H](O[C@H]2[C@H](NC(=O)[C@@H](O)CNC(=O)OC(C)(C)C)C[C@H](NC(=O)OC(C)(C)C)C([C@H]3OC(CNCC(O)CCNC(=O)OC(C)(C)C)=CC[C@H]3NC(=O)OC(C)(C)C)[C@@H]2O)OC[C@]1(C)O. The van der Waals surface area contributed by atoms with Crippen molar-refractivity contribution in [2.45, 2.75) is 231 Å². The quantitative estimate of drug-likeness (QED) is 0.0930. The molecule has 0 radical (unpaired) electrons. The van der Waals surface area contributed by atoms with Gasteiger partial charge in [-0.15, -0.1) is 0 Å². The Kier molecular flexibility index (Phi) is 23.1. The number of likely N-dealkylation sites (N-methyl/N-ethyl adjacent to an activating group) is 1. The first-order valence-electron chi connectivity index (χ1n) is 26.0. The van der Waals surface area contributed by atoms with Crippen LogP contribution in [0.5, 0.6) is 0 Å². The maximum atomic E-state index is 13.9. The molecule has 2 fully saturated rings. The monoisotopic (exact) mass is 1110 g/mol. The number of nitrogens with one attached hydrogen (secondary N) is 6. The second kappa shape index (κ2) is 26.8. The lowest BCUT2D eigenvalue weighted by Gasteiger charge is -2.52. The Morgan fingerprint density at radius 3 is 1.74 bits per heavy atom. The van der Waals surface area contributed by atoms with Crippen molar-refractivity contribution < 1.29 is 92.2 Å². The molecule has 0 aromatic rings. The van der Waals surface area contributed by atoms with Crippen LogP contribution in [0.4, 0.5) is 24.0 Å². The van der Waals surface area contributed by atoms with Crippen molar-refractivity contribution in [3.8, 4) is 0 Å². The number of aliphatic hydroxyl groups is 5. The molecule has 26 nitrogen and oxygen atoms in total. The number of carbonyl (C=O) groups is 6. The summed E-state index contributed by atoms with van der Waals surface area (Å²) in [7, 11) is 1.30. The minimum Gasteiger partial charge on any atom is -0.491 e. The predicted octanol–water partition coefficient (Wildman–Crippen LogP) is 2.15. The van der Waals surface area contributed by atoms with Crippen LogP contribution in [-0.2, 0) is 42.7 Å². The Balaban J connectivity index is 2.13. The molecule has 0 bridgehead atoms. The molecule has 77 heavy (non-hydrogen) atoms. The highest BCUT2D eigenvalue weighted by Gasteiger charge is 2.57. The van der Waals surface area contributed by atoms with Gasteiger partial charge >= 0.3 is 30.5 Å². The molecule has 2 heterocycles. The first kappa shape index (κ1) is 66.3. The van der Waals surface area contributed by atoms with Gasteiger partial charge in [-0.1, -0.05) is 0 Å². The first-order chi connectivity index (χ1) is 35.0. The number of hydrogen-bond acceptors (Lipinski definition) is 20. The summed E-state index contributed by atoms with van der Waals surface area (Å²) >= 11 is 0. The van der Waals surface area contributed by atoms with Gasteiger partial charge in [-0.3, -0.25) is 4.79 Å². The van der Waals surface area contributed by atoms with E-state index in [-0.39, 0.29) is 44.7 Å². The summed E-state index contributed by atoms with van der Waals surface area (Å²) in [5.41, 5.74) is -6.48. The second-order valence-corrected chi connectivity index (χ2v) is 25.0. The van der Waals surface area contributed by atoms with E-state index in [0.717, 1.165) is 4.90 Å². The van der Waals surface area contributed by atoms with Gasteiger partial charge in [-0.05, 0) is 136 Å². The van der Waals surface area contributed by atoms with Gasteiger partial charge in [0.2, 0.25) is 0 Å². The van der Waals surface area contributed by atoms with Crippen LogP contribution in [0.25, 0.3) is 0 Å². The standard InChI is InChI=1S/C51H91N7O19/c1-46(2,3)73-41(64)53-21-20-27(59)23-52-24-28-18-19-29(56-43(66)75-48(7,8)9)36(71-28)33-30(57-44(67)76-49(10,11)12)22-31(55-39(63)32(60)25-54-42(65)74-47(4,5)6)37(34(33)61)72-40-35(62)38(51(16,69)26-70-40)58(17)45(68)77-50(13,14)15/h18,27,29-38,40,52,59-62,69H,19-26H2,1-17H3,(H,53,64)(H,54,65)(H,55,63)(H,56,66)(H,57,67)/t27?,29-,30+,31-,32+,33?,34+,35-,36+,37+,38-,40-,51+/m1/s1. The molecule has 1 saturated carbocycles. The minimum absolute atomic E-state index is 0.00159. The third-order valence-electron chi connectivity index (χ3n) is 11.6. The highest BCUT2D eigenvalue weighted by atomic mass is 16.7. The topological polar surface area (TPSA) is 353 Å². The van der Waals surface area contributed by atoms with E-state index in [4.69, 9.17) is 37.9 Å². The van der Waals surface area contributed by atoms with Crippen LogP contribution in [0.1, 0.15) is 130 Å². The highest BCUT2D eigenvalue weighted by molar-refractivity contribution is 5.82. The van der Waals surface area contributed by atoms with Gasteiger partial charge in [0, 0.05) is 32.1 Å². The third-order valence-corrected chi connectivity index (χ3v) is 11.6. The third kappa shape index (κ3) is 22.7. The van der Waals surface area contributed by atoms with Gasteiger partial charge in [0.15, 0.2) is 6.29 Å². The molecule has 3 aliphatic rings. The number of aliphatic hydroxyl groups excluding tert-OH is 4. The molecule has 26 heteroatoms. The molecule has 0 spiro atoms. The molecule has 444 valence electrons. The van der Waals surface area contributed by atoms with E-state index in [0.29, 0.717) is 0 Å². The Morgan fingerprint density at radius 1 is 0.701 bits per heavy atom. The van der Waals surface area contributed by atoms with E-state index < -0.39 is 156 Å². The van der Waals surface area contributed by atoms with E-state index >= 15 is 0 Å². The summed E-state index contributed by atoms with van der Waals surface area (Å²) < 4.78 is 46.4. The van der Waals surface area contributed by atoms with Crippen molar-refractivity contribution in [2.75, 3.05) is 39.8 Å². The lowest BCUT2D eigenvalue weighted by molar-refractivity contribution is -0.305. The molecular weight excluding hydrogens is 1010 g/mol. The number of ether oxygens (including phenoxy) is 8. The highest BCUT2D eigenvalue weighted by Crippen LogP contribution is 2.39. The Bertz CT molecular complexity index is 2020. The van der Waals surface area contributed by atoms with Crippen LogP contribution in [0, 0.1) is 5.92 Å². The zero-order chi connectivity index (χ0) is 58.8. The summed E-state index contributed by atoms with van der Waals surface area (Å²) in [4.78, 5) is 80.3. The minimum atomic E-state index is -1.92. The second-order valence-electron chi connectivity index (χ2n) is 25.0. The summed E-state index contributed by atoms with van der Waals surface area (Å²) in [5, 5.41) is 74.7. The molecule has 1 saturated heterocycles. The van der Waals surface area contributed by atoms with E-state index in [2.05, 4.69) is 31.9 Å². The normalized spacial score (nSPS) is 27.9. The molecule has 1 aliphatic carbocycles. The van der Waals surface area contributed by atoms with Gasteiger partial charge in [-0.25, -0.2) is 24.0 Å². The molecule has 2 aliphatic heterocycles. The van der Waals surface area contributed by atoms with Crippen molar-refractivity contribution in [2.24, 2.45) is 5.92 Å². The number of alkyl carbamates (subject to hydrolysis) is 4. The summed E-state index contributed by atoms with van der Waals surface area (Å²) in [6, 6.07) is -5.08. The predicted molar refractivity (Wildman–Crippen MR) is 277 cm³/mol. The van der Waals surface area contributed by atoms with Crippen LogP contribution in [0.15, 0.2) is 11.8 Å². The summed E-state index contributed by atoms with van der Waals surface area (Å²) in [5.74, 6) is -2.11. The van der Waals surface area contributed by atoms with Gasteiger partial charge in [0.1, 0.15) is 63.8 Å². The van der Waals surface area contributed by atoms with Gasteiger partial charge in [0.25, 0.3) is 5.91 Å². The van der Waals surface area contributed by atoms with Crippen LogP contribution in [-0.4, -0.2) is 207 Å². The van der Waals surface area contributed by atoms with Gasteiger partial charge in [-0.2, -0.15) is 0 Å². The van der Waals surface area contributed by atoms with Crippen LogP contribution >= 0.6 is 0 Å². The van der Waals surface area contributed by atoms with Crippen LogP contribution in [0.3, 0.4) is 0 Å². The number of hydrogen-bond donors (Lipinski definition) is 11. The van der Waals surface area contributed by atoms with Crippen molar-refractivity contribution >= 4 is 36.4 Å². The molecule has 3 rings (SSSR count). The fraction of sp³-hybridized carbons (Fsp3) is 0.843. The molecule has 0 aromatic carbocycles. The lowest BCUT2D eigenvalue weighted by Crippen LogP contribution is -2.71. The fourth-order valence-electron chi connectivity index (χ4n) is 8.68. The van der Waals surface area contributed by atoms with Gasteiger partial charge < -0.3 is 100 Å². The molecule has 6 amide bonds. The Hall–Kier alpha value is -4.96. The fourth-order valence-corrected chi connectivity index (χ4v) is 8.68. The van der Waals surface area contributed by atoms with Crippen LogP contribution in [0.2, 0.25) is 0 Å².